The lowest BCUT2D eigenvalue weighted by Crippen LogP contribution is -2.22. The Bertz CT molecular complexity index is 928. The normalized spacial score (nSPS) is 11.8. The first kappa shape index (κ1) is 18.0. The second-order valence-corrected chi connectivity index (χ2v) is 5.20. The molecule has 2 aromatic carbocycles. The Labute approximate surface area is 149 Å². The summed E-state index contributed by atoms with van der Waals surface area (Å²) in [4.78, 5) is 34.2. The molecule has 1 aliphatic heterocycles. The predicted molar refractivity (Wildman–Crippen MR) is 84.5 cm³/mol. The van der Waals surface area contributed by atoms with Crippen molar-refractivity contribution < 1.29 is 37.5 Å². The molecule has 1 aliphatic rings. The highest BCUT2D eigenvalue weighted by Gasteiger charge is 2.28. The van der Waals surface area contributed by atoms with Crippen molar-refractivity contribution in [1.82, 2.24) is 0 Å². The summed E-state index contributed by atoms with van der Waals surface area (Å²) in [6.07, 6.45) is 0. The van der Waals surface area contributed by atoms with E-state index in [4.69, 9.17) is 14.2 Å². The third-order valence-electron chi connectivity index (χ3n) is 3.47. The molecule has 0 atom stereocenters. The van der Waals surface area contributed by atoms with Crippen molar-refractivity contribution in [1.29, 1.82) is 0 Å². The number of hydrogen-bond acceptors (Lipinski definition) is 7. The fraction of sp³-hybridized carbons (Fsp3) is 0.125. The number of halogens is 2. The number of nitro benzene ring substituents is 1. The maximum atomic E-state index is 13.5. The van der Waals surface area contributed by atoms with Gasteiger partial charge in [0.05, 0.1) is 11.0 Å². The molecule has 0 aromatic heterocycles. The molecule has 1 N–H and O–H groups in total. The number of rotatable bonds is 5. The van der Waals surface area contributed by atoms with Gasteiger partial charge in [-0.25, -0.2) is 13.6 Å². The van der Waals surface area contributed by atoms with E-state index in [0.29, 0.717) is 0 Å². The van der Waals surface area contributed by atoms with Crippen LogP contribution in [0, 0.1) is 21.7 Å². The Morgan fingerprint density at radius 2 is 1.81 bits per heavy atom. The zero-order valence-electron chi connectivity index (χ0n) is 13.4. The SMILES string of the molecule is O=C(COC(=O)c1cc2c(cc1[N+](=O)[O-])OCO2)Nc1c(F)cccc1F. The summed E-state index contributed by atoms with van der Waals surface area (Å²) in [6.45, 7) is -1.08. The maximum Gasteiger partial charge on any atom is 0.345 e. The monoisotopic (exact) mass is 380 g/mol. The molecule has 0 fully saturated rings. The average Bonchev–Trinajstić information content (AvgIpc) is 3.09. The zero-order valence-corrected chi connectivity index (χ0v) is 13.4. The molecule has 0 unspecified atom stereocenters. The summed E-state index contributed by atoms with van der Waals surface area (Å²) in [5.74, 6) is -4.06. The molecule has 1 heterocycles. The van der Waals surface area contributed by atoms with E-state index in [0.717, 1.165) is 30.3 Å². The summed E-state index contributed by atoms with van der Waals surface area (Å²) in [5.41, 5.74) is -1.77. The lowest BCUT2D eigenvalue weighted by Gasteiger charge is -2.09. The Hall–Kier alpha value is -3.76. The Morgan fingerprint density at radius 1 is 1.19 bits per heavy atom. The van der Waals surface area contributed by atoms with Crippen molar-refractivity contribution >= 4 is 23.3 Å². The first-order valence-electron chi connectivity index (χ1n) is 7.36. The van der Waals surface area contributed by atoms with Crippen molar-refractivity contribution in [2.45, 2.75) is 0 Å². The number of carbonyl (C=O) groups excluding carboxylic acids is 2. The van der Waals surface area contributed by atoms with Gasteiger partial charge in [0.15, 0.2) is 18.1 Å². The van der Waals surface area contributed by atoms with Crippen LogP contribution in [0.1, 0.15) is 10.4 Å². The molecule has 0 spiro atoms. The van der Waals surface area contributed by atoms with E-state index in [1.807, 2.05) is 5.32 Å². The van der Waals surface area contributed by atoms with Crippen LogP contribution in [0.2, 0.25) is 0 Å². The minimum atomic E-state index is -1.19. The first-order valence-corrected chi connectivity index (χ1v) is 7.36. The zero-order chi connectivity index (χ0) is 19.6. The maximum absolute atomic E-state index is 13.5. The molecule has 9 nitrogen and oxygen atoms in total. The molecule has 0 saturated heterocycles. The van der Waals surface area contributed by atoms with Gasteiger partial charge in [-0.3, -0.25) is 14.9 Å². The third kappa shape index (κ3) is 3.76. The van der Waals surface area contributed by atoms with Crippen LogP contribution in [0.25, 0.3) is 0 Å². The molecular weight excluding hydrogens is 370 g/mol. The predicted octanol–water partition coefficient (Wildman–Crippen LogP) is 2.40. The number of nitrogens with one attached hydrogen (secondary N) is 1. The molecule has 11 heteroatoms. The quantitative estimate of drug-likeness (QED) is 0.481. The molecule has 3 rings (SSSR count). The summed E-state index contributed by atoms with van der Waals surface area (Å²) < 4.78 is 41.7. The minimum Gasteiger partial charge on any atom is -0.454 e. The second-order valence-electron chi connectivity index (χ2n) is 5.20. The highest BCUT2D eigenvalue weighted by atomic mass is 19.1. The van der Waals surface area contributed by atoms with Gasteiger partial charge < -0.3 is 19.5 Å². The van der Waals surface area contributed by atoms with Gasteiger partial charge in [0.1, 0.15) is 22.9 Å². The van der Waals surface area contributed by atoms with Crippen LogP contribution in [0.5, 0.6) is 11.5 Å². The number of carbonyl (C=O) groups is 2. The summed E-state index contributed by atoms with van der Waals surface area (Å²) in [6, 6.07) is 5.02. The second kappa shape index (κ2) is 7.23. The molecule has 0 saturated carbocycles. The Balaban J connectivity index is 1.71. The van der Waals surface area contributed by atoms with Crippen LogP contribution in [-0.4, -0.2) is 30.2 Å². The van der Waals surface area contributed by atoms with Gasteiger partial charge in [-0.05, 0) is 12.1 Å². The van der Waals surface area contributed by atoms with Crippen molar-refractivity contribution in [2.24, 2.45) is 0 Å². The number of para-hydroxylation sites is 1. The van der Waals surface area contributed by atoms with Gasteiger partial charge in [-0.1, -0.05) is 6.07 Å². The smallest absolute Gasteiger partial charge is 0.345 e. The van der Waals surface area contributed by atoms with Gasteiger partial charge in [0.2, 0.25) is 6.79 Å². The topological polar surface area (TPSA) is 117 Å². The molecular formula is C16H10F2N2O7. The number of esters is 1. The fourth-order valence-electron chi connectivity index (χ4n) is 2.25. The lowest BCUT2D eigenvalue weighted by molar-refractivity contribution is -0.385. The Kier molecular flexibility index (Phi) is 4.83. The van der Waals surface area contributed by atoms with E-state index < -0.39 is 52.0 Å². The summed E-state index contributed by atoms with van der Waals surface area (Å²) in [5, 5.41) is 13.0. The molecule has 27 heavy (non-hydrogen) atoms. The molecule has 2 aromatic rings. The van der Waals surface area contributed by atoms with Crippen LogP contribution in [-0.2, 0) is 9.53 Å². The third-order valence-corrected chi connectivity index (χ3v) is 3.47. The summed E-state index contributed by atoms with van der Waals surface area (Å²) in [7, 11) is 0. The largest absolute Gasteiger partial charge is 0.454 e. The first-order chi connectivity index (χ1) is 12.9. The average molecular weight is 380 g/mol. The number of amides is 1. The lowest BCUT2D eigenvalue weighted by atomic mass is 10.1. The van der Waals surface area contributed by atoms with E-state index in [-0.39, 0.29) is 18.3 Å². The van der Waals surface area contributed by atoms with E-state index in [9.17, 15) is 28.5 Å². The van der Waals surface area contributed by atoms with Crippen molar-refractivity contribution in [3.05, 3.63) is 57.6 Å². The van der Waals surface area contributed by atoms with Gasteiger partial charge in [0, 0.05) is 6.07 Å². The molecule has 140 valence electrons. The van der Waals surface area contributed by atoms with Crippen LogP contribution in [0.15, 0.2) is 30.3 Å². The van der Waals surface area contributed by atoms with Crippen molar-refractivity contribution in [3.63, 3.8) is 0 Å². The molecule has 1 amide bonds. The van der Waals surface area contributed by atoms with Crippen LogP contribution >= 0.6 is 0 Å². The van der Waals surface area contributed by atoms with E-state index in [2.05, 4.69) is 0 Å². The van der Waals surface area contributed by atoms with Crippen molar-refractivity contribution in [3.8, 4) is 11.5 Å². The van der Waals surface area contributed by atoms with Gasteiger partial charge in [-0.2, -0.15) is 0 Å². The Morgan fingerprint density at radius 3 is 2.44 bits per heavy atom. The molecule has 0 bridgehead atoms. The highest BCUT2D eigenvalue weighted by Crippen LogP contribution is 2.38. The molecule has 0 aliphatic carbocycles. The van der Waals surface area contributed by atoms with Crippen molar-refractivity contribution in [2.75, 3.05) is 18.7 Å². The number of ether oxygens (including phenoxy) is 3. The fourth-order valence-corrected chi connectivity index (χ4v) is 2.25. The minimum absolute atomic E-state index is 0.0889. The van der Waals surface area contributed by atoms with Crippen LogP contribution < -0.4 is 14.8 Å². The van der Waals surface area contributed by atoms with E-state index in [1.165, 1.54) is 0 Å². The van der Waals surface area contributed by atoms with Gasteiger partial charge in [0.25, 0.3) is 11.6 Å². The number of anilines is 1. The standard InChI is InChI=1S/C16H10F2N2O7/c17-9-2-1-3-10(18)15(9)19-14(21)6-25-16(22)8-4-12-13(27-7-26-12)5-11(8)20(23)24/h1-5H,6-7H2,(H,19,21). The number of benzene rings is 2. The highest BCUT2D eigenvalue weighted by molar-refractivity contribution is 5.98. The number of fused-ring (bicyclic) bond motifs is 1. The number of hydrogen-bond donors (Lipinski definition) is 1. The number of nitro groups is 1. The van der Waals surface area contributed by atoms with Crippen LogP contribution in [0.4, 0.5) is 20.2 Å². The van der Waals surface area contributed by atoms with Gasteiger partial charge >= 0.3 is 5.97 Å². The summed E-state index contributed by atoms with van der Waals surface area (Å²) >= 11 is 0. The van der Waals surface area contributed by atoms with E-state index >= 15 is 0 Å². The van der Waals surface area contributed by atoms with Crippen LogP contribution in [0.3, 0.4) is 0 Å². The molecule has 0 radical (unpaired) electrons. The van der Waals surface area contributed by atoms with Gasteiger partial charge in [-0.15, -0.1) is 0 Å². The number of nitrogens with zero attached hydrogens (tertiary/aromatic N) is 1. The van der Waals surface area contributed by atoms with E-state index in [1.54, 1.807) is 0 Å².